The highest BCUT2D eigenvalue weighted by Gasteiger charge is 2.33. The minimum Gasteiger partial charge on any atom is -0.455 e. The minimum absolute atomic E-state index is 0.0157. The Labute approximate surface area is 197 Å². The number of carbonyl (C=O) groups is 1. The Balaban J connectivity index is 2.30. The van der Waals surface area contributed by atoms with Crippen molar-refractivity contribution >= 4 is 34.3 Å². The van der Waals surface area contributed by atoms with Crippen LogP contribution in [0.4, 0.5) is 0 Å². The summed E-state index contributed by atoms with van der Waals surface area (Å²) >= 11 is 1.63. The predicted molar refractivity (Wildman–Crippen MR) is 131 cm³/mol. The van der Waals surface area contributed by atoms with Crippen molar-refractivity contribution in [2.45, 2.75) is 57.3 Å². The highest BCUT2D eigenvalue weighted by Crippen LogP contribution is 2.25. The highest BCUT2D eigenvalue weighted by atomic mass is 32.2. The molecule has 32 heavy (non-hydrogen) atoms. The van der Waals surface area contributed by atoms with Crippen molar-refractivity contribution in [3.63, 3.8) is 0 Å². The van der Waals surface area contributed by atoms with Gasteiger partial charge >= 0.3 is 0 Å². The summed E-state index contributed by atoms with van der Waals surface area (Å²) in [4.78, 5) is 22.5. The summed E-state index contributed by atoms with van der Waals surface area (Å²) in [5.74, 6) is 0.0157. The third kappa shape index (κ3) is 14.6. The summed E-state index contributed by atoms with van der Waals surface area (Å²) in [5, 5.41) is 7.87. The topological polar surface area (TPSA) is 131 Å². The summed E-state index contributed by atoms with van der Waals surface area (Å²) in [6.07, 6.45) is 4.52. The lowest BCUT2D eigenvalue weighted by Crippen LogP contribution is -2.46. The Kier molecular flexibility index (Phi) is 13.7. The fourth-order valence-electron chi connectivity index (χ4n) is 2.90. The van der Waals surface area contributed by atoms with Gasteiger partial charge in [0.2, 0.25) is 5.91 Å². The second-order valence-electron chi connectivity index (χ2n) is 8.49. The number of hydrogen-bond acceptors (Lipinski definition) is 8. The molecule has 0 unspecified atom stereocenters. The zero-order valence-corrected chi connectivity index (χ0v) is 22.6. The Hall–Kier alpha value is -1.48. The summed E-state index contributed by atoms with van der Waals surface area (Å²) < 4.78 is 17.4. The van der Waals surface area contributed by atoms with Gasteiger partial charge in [-0.25, -0.2) is 9.97 Å². The summed E-state index contributed by atoms with van der Waals surface area (Å²) in [7, 11) is -3.65. The molecule has 1 aromatic rings. The van der Waals surface area contributed by atoms with Gasteiger partial charge in [0.25, 0.3) is 0 Å². The van der Waals surface area contributed by atoms with Crippen LogP contribution in [0.15, 0.2) is 22.7 Å². The average Bonchev–Trinajstić information content (AvgIpc) is 2.72. The molecule has 0 bridgehead atoms. The number of rotatable bonds is 17. The summed E-state index contributed by atoms with van der Waals surface area (Å²) in [6, 6.07) is 1.03. The molecule has 0 fully saturated rings. The van der Waals surface area contributed by atoms with Crippen LogP contribution in [0.25, 0.3) is 10.4 Å². The van der Waals surface area contributed by atoms with Gasteiger partial charge < -0.3 is 18.9 Å². The lowest BCUT2D eigenvalue weighted by Gasteiger charge is -2.33. The van der Waals surface area contributed by atoms with Crippen molar-refractivity contribution in [1.82, 2.24) is 15.3 Å². The molecular formula is C19H36N6O4SSi2. The molecule has 13 heteroatoms. The third-order valence-electron chi connectivity index (χ3n) is 4.15. The lowest BCUT2D eigenvalue weighted by atomic mass is 10.4. The lowest BCUT2D eigenvalue weighted by molar-refractivity contribution is -0.118. The number of thioether (sulfide) groups is 1. The molecule has 0 aliphatic heterocycles. The number of hydrogen-bond donors (Lipinski definition) is 1. The standard InChI is InChI=1S/C19H36N6O4SSi2/c1-17(26)21-7-6-12-31(2,3)29-32(4,5)16-30-19-22-13-18(14-23-19)15-28-11-10-27-9-8-24-25-20/h13-14H,6-12,15-16H2,1-5H3,(H,21,26). The van der Waals surface area contributed by atoms with E-state index in [0.29, 0.717) is 39.5 Å². The van der Waals surface area contributed by atoms with Crippen molar-refractivity contribution in [2.24, 2.45) is 5.11 Å². The van der Waals surface area contributed by atoms with Crippen LogP contribution < -0.4 is 5.32 Å². The van der Waals surface area contributed by atoms with Gasteiger partial charge in [0.1, 0.15) is 0 Å². The Morgan fingerprint density at radius 3 is 2.50 bits per heavy atom. The smallest absolute Gasteiger partial charge is 0.216 e. The molecule has 0 saturated carbocycles. The maximum Gasteiger partial charge on any atom is 0.216 e. The van der Waals surface area contributed by atoms with Gasteiger partial charge in [-0.05, 0) is 44.2 Å². The molecule has 0 spiro atoms. The first kappa shape index (κ1) is 28.6. The molecule has 0 aliphatic rings. The summed E-state index contributed by atoms with van der Waals surface area (Å²) in [6.45, 7) is 13.3. The van der Waals surface area contributed by atoms with E-state index in [4.69, 9.17) is 19.1 Å². The van der Waals surface area contributed by atoms with Crippen LogP contribution in [-0.4, -0.2) is 70.8 Å². The normalized spacial score (nSPS) is 11.8. The van der Waals surface area contributed by atoms with Crippen LogP contribution >= 0.6 is 11.8 Å². The maximum atomic E-state index is 11.0. The average molecular weight is 501 g/mol. The molecule has 1 aromatic heterocycles. The number of azide groups is 1. The van der Waals surface area contributed by atoms with Gasteiger partial charge in [-0.1, -0.05) is 16.9 Å². The molecule has 1 rings (SSSR count). The van der Waals surface area contributed by atoms with Crippen LogP contribution in [0.5, 0.6) is 0 Å². The molecule has 180 valence electrons. The van der Waals surface area contributed by atoms with Gasteiger partial charge in [0.15, 0.2) is 21.8 Å². The third-order valence-corrected chi connectivity index (χ3v) is 14.0. The number of carbonyl (C=O) groups excluding carboxylic acids is 1. The van der Waals surface area contributed by atoms with Crippen LogP contribution in [-0.2, 0) is 25.0 Å². The summed E-state index contributed by atoms with van der Waals surface area (Å²) in [5.41, 5.74) is 9.08. The molecular weight excluding hydrogens is 464 g/mol. The molecule has 0 aromatic carbocycles. The van der Waals surface area contributed by atoms with E-state index in [0.717, 1.165) is 28.6 Å². The van der Waals surface area contributed by atoms with Crippen molar-refractivity contribution in [1.29, 1.82) is 0 Å². The maximum absolute atomic E-state index is 11.0. The SMILES string of the molecule is CC(=O)NCCC[Si](C)(C)O[Si](C)(C)CSc1ncc(COCCOCCN=[N+]=[N-])cn1. The first-order valence-corrected chi connectivity index (χ1v) is 17.9. The van der Waals surface area contributed by atoms with Gasteiger partial charge in [-0.3, -0.25) is 4.79 Å². The first-order valence-electron chi connectivity index (χ1n) is 10.7. The van der Waals surface area contributed by atoms with E-state index in [9.17, 15) is 4.79 Å². The molecule has 1 amide bonds. The molecule has 0 saturated heterocycles. The number of aromatic nitrogens is 2. The van der Waals surface area contributed by atoms with Gasteiger partial charge in [-0.15, -0.1) is 0 Å². The fraction of sp³-hybridized carbons (Fsp3) is 0.737. The second kappa shape index (κ2) is 15.4. The van der Waals surface area contributed by atoms with E-state index in [1.54, 1.807) is 31.1 Å². The first-order chi connectivity index (χ1) is 15.1. The molecule has 10 nitrogen and oxygen atoms in total. The zero-order valence-electron chi connectivity index (χ0n) is 19.8. The number of nitrogens with zero attached hydrogens (tertiary/aromatic N) is 5. The van der Waals surface area contributed by atoms with Gasteiger partial charge in [-0.2, -0.15) is 0 Å². The van der Waals surface area contributed by atoms with Gasteiger partial charge in [0, 0.05) is 48.3 Å². The number of ether oxygens (including phenoxy) is 2. The number of nitrogens with one attached hydrogen (secondary N) is 1. The number of amides is 1. The predicted octanol–water partition coefficient (Wildman–Crippen LogP) is 3.90. The van der Waals surface area contributed by atoms with Crippen LogP contribution in [0.2, 0.25) is 32.2 Å². The van der Waals surface area contributed by atoms with Crippen molar-refractivity contribution < 1.29 is 18.4 Å². The van der Waals surface area contributed by atoms with E-state index in [1.165, 1.54) is 0 Å². The van der Waals surface area contributed by atoms with E-state index >= 15 is 0 Å². The quantitative estimate of drug-likeness (QED) is 0.0652. The van der Waals surface area contributed by atoms with Crippen molar-refractivity contribution in [3.05, 3.63) is 28.4 Å². The van der Waals surface area contributed by atoms with Crippen molar-refractivity contribution in [3.8, 4) is 0 Å². The van der Waals surface area contributed by atoms with Gasteiger partial charge in [0.05, 0.1) is 26.4 Å². The Morgan fingerprint density at radius 1 is 1.16 bits per heavy atom. The molecule has 0 radical (unpaired) electrons. The molecule has 1 N–H and O–H groups in total. The Morgan fingerprint density at radius 2 is 1.84 bits per heavy atom. The van der Waals surface area contributed by atoms with Crippen LogP contribution in [0.3, 0.4) is 0 Å². The monoisotopic (exact) mass is 500 g/mol. The molecule has 0 atom stereocenters. The largest absolute Gasteiger partial charge is 0.455 e. The fourth-order valence-corrected chi connectivity index (χ4v) is 13.2. The van der Waals surface area contributed by atoms with Crippen LogP contribution in [0, 0.1) is 0 Å². The molecule has 1 heterocycles. The van der Waals surface area contributed by atoms with E-state index < -0.39 is 16.6 Å². The second-order valence-corrected chi connectivity index (χ2v) is 18.7. The zero-order chi connectivity index (χ0) is 23.9. The van der Waals surface area contributed by atoms with Crippen molar-refractivity contribution in [2.75, 3.05) is 38.3 Å². The Bertz CT molecular complexity index is 733. The van der Waals surface area contributed by atoms with E-state index in [2.05, 4.69) is 51.5 Å². The molecule has 0 aliphatic carbocycles. The van der Waals surface area contributed by atoms with E-state index in [-0.39, 0.29) is 5.91 Å². The highest BCUT2D eigenvalue weighted by molar-refractivity contribution is 8.00. The van der Waals surface area contributed by atoms with E-state index in [1.807, 2.05) is 0 Å². The minimum atomic E-state index is -1.87. The van der Waals surface area contributed by atoms with Crippen LogP contribution in [0.1, 0.15) is 18.9 Å².